The van der Waals surface area contributed by atoms with Crippen LogP contribution in [0.1, 0.15) is 37.3 Å². The van der Waals surface area contributed by atoms with Crippen LogP contribution in [0, 0.1) is 5.82 Å². The van der Waals surface area contributed by atoms with Gasteiger partial charge < -0.3 is 19.7 Å². The number of hydrogen-bond donors (Lipinski definition) is 1. The first kappa shape index (κ1) is 20.6. The molecule has 0 spiro atoms. The number of nitrogens with one attached hydrogen (secondary N) is 1. The van der Waals surface area contributed by atoms with Crippen molar-refractivity contribution >= 4 is 11.6 Å². The normalized spacial score (nSPS) is 17.6. The van der Waals surface area contributed by atoms with Crippen LogP contribution in [0.5, 0.6) is 0 Å². The van der Waals surface area contributed by atoms with Crippen LogP contribution >= 0.6 is 0 Å². The Morgan fingerprint density at radius 2 is 1.90 bits per heavy atom. The zero-order chi connectivity index (χ0) is 20.8. The zero-order valence-electron chi connectivity index (χ0n) is 17.9. The fraction of sp³-hybridized carbons (Fsp3) is 0.591. The number of aromatic nitrogens is 3. The number of rotatable bonds is 5. The average Bonchev–Trinajstić information content (AvgIpc) is 3.00. The van der Waals surface area contributed by atoms with Crippen molar-refractivity contribution in [2.45, 2.75) is 45.1 Å². The van der Waals surface area contributed by atoms with Crippen molar-refractivity contribution in [3.63, 3.8) is 0 Å². The van der Waals surface area contributed by atoms with Crippen LogP contribution in [0.15, 0.2) is 29.3 Å². The summed E-state index contributed by atoms with van der Waals surface area (Å²) in [5, 5.41) is 12.3. The quantitative estimate of drug-likeness (QED) is 0.464. The van der Waals surface area contributed by atoms with Crippen LogP contribution in [0.3, 0.4) is 0 Å². The molecule has 1 saturated heterocycles. The van der Waals surface area contributed by atoms with Gasteiger partial charge in [-0.1, -0.05) is 18.6 Å². The molecule has 0 aliphatic carbocycles. The van der Waals surface area contributed by atoms with Crippen LogP contribution < -0.4 is 10.2 Å². The smallest absolute Gasteiger partial charge is 0.193 e. The van der Waals surface area contributed by atoms with Gasteiger partial charge in [0.25, 0.3) is 0 Å². The molecule has 0 saturated carbocycles. The average molecular weight is 414 g/mol. The summed E-state index contributed by atoms with van der Waals surface area (Å²) in [5.74, 6) is 3.03. The molecule has 1 N–H and O–H groups in total. The molecular formula is C22H32FN7. The topological polar surface area (TPSA) is 61.6 Å². The molecule has 1 fully saturated rings. The van der Waals surface area contributed by atoms with Gasteiger partial charge in [-0.25, -0.2) is 4.39 Å². The molecule has 2 aromatic rings. The third kappa shape index (κ3) is 4.74. The summed E-state index contributed by atoms with van der Waals surface area (Å²) in [6, 6.07) is 7.00. The van der Waals surface area contributed by atoms with Crippen molar-refractivity contribution < 1.29 is 4.39 Å². The van der Waals surface area contributed by atoms with Gasteiger partial charge >= 0.3 is 0 Å². The van der Waals surface area contributed by atoms with Gasteiger partial charge in [0.15, 0.2) is 5.96 Å². The third-order valence-corrected chi connectivity index (χ3v) is 6.03. The van der Waals surface area contributed by atoms with E-state index >= 15 is 0 Å². The van der Waals surface area contributed by atoms with Crippen molar-refractivity contribution in [3.05, 3.63) is 41.7 Å². The molecular weight excluding hydrogens is 381 g/mol. The van der Waals surface area contributed by atoms with E-state index in [-0.39, 0.29) is 5.82 Å². The minimum atomic E-state index is -0.153. The van der Waals surface area contributed by atoms with Crippen LogP contribution in [0.2, 0.25) is 0 Å². The van der Waals surface area contributed by atoms with Crippen molar-refractivity contribution in [1.82, 2.24) is 25.0 Å². The molecule has 0 amide bonds. The molecule has 2 aliphatic rings. The Morgan fingerprint density at radius 3 is 2.70 bits per heavy atom. The van der Waals surface area contributed by atoms with Gasteiger partial charge in [0.1, 0.15) is 17.5 Å². The number of anilines is 1. The Bertz CT molecular complexity index is 855. The maximum Gasteiger partial charge on any atom is 0.193 e. The van der Waals surface area contributed by atoms with E-state index in [1.807, 2.05) is 19.2 Å². The van der Waals surface area contributed by atoms with E-state index < -0.39 is 0 Å². The highest BCUT2D eigenvalue weighted by Crippen LogP contribution is 2.20. The molecule has 30 heavy (non-hydrogen) atoms. The fourth-order valence-corrected chi connectivity index (χ4v) is 4.38. The highest BCUT2D eigenvalue weighted by atomic mass is 19.1. The van der Waals surface area contributed by atoms with Crippen LogP contribution in [-0.4, -0.2) is 65.4 Å². The predicted octanol–water partition coefficient (Wildman–Crippen LogP) is 2.47. The standard InChI is InChI=1S/C22H32FN7/c1-24-22(29-16-14-28(15-17-29)19-9-5-4-8-18(19)23)25-12-7-11-21-27-26-20-10-3-2-6-13-30(20)21/h4-5,8-9H,2-3,6-7,10-17H2,1H3,(H,24,25). The largest absolute Gasteiger partial charge is 0.366 e. The minimum Gasteiger partial charge on any atom is -0.366 e. The molecule has 7 nitrogen and oxygen atoms in total. The lowest BCUT2D eigenvalue weighted by atomic mass is 10.2. The van der Waals surface area contributed by atoms with Gasteiger partial charge in [0, 0.05) is 59.2 Å². The zero-order valence-corrected chi connectivity index (χ0v) is 17.9. The summed E-state index contributed by atoms with van der Waals surface area (Å²) < 4.78 is 16.4. The van der Waals surface area contributed by atoms with Crippen molar-refractivity contribution in [2.24, 2.45) is 4.99 Å². The maximum absolute atomic E-state index is 14.0. The molecule has 4 rings (SSSR count). The van der Waals surface area contributed by atoms with Crippen LogP contribution in [-0.2, 0) is 19.4 Å². The molecule has 0 radical (unpaired) electrons. The number of fused-ring (bicyclic) bond motifs is 1. The van der Waals surface area contributed by atoms with Crippen molar-refractivity contribution in [2.75, 3.05) is 44.7 Å². The highest BCUT2D eigenvalue weighted by molar-refractivity contribution is 5.80. The Balaban J connectivity index is 1.23. The van der Waals surface area contributed by atoms with Crippen LogP contribution in [0.25, 0.3) is 0 Å². The summed E-state index contributed by atoms with van der Waals surface area (Å²) in [6.07, 6.45) is 6.70. The van der Waals surface area contributed by atoms with E-state index in [2.05, 4.69) is 34.9 Å². The number of piperazine rings is 1. The number of para-hydroxylation sites is 1. The SMILES string of the molecule is CN=C(NCCCc1nnc2n1CCCCC2)N1CCN(c2ccccc2F)CC1. The summed E-state index contributed by atoms with van der Waals surface area (Å²) in [4.78, 5) is 8.81. The molecule has 0 atom stereocenters. The molecule has 0 unspecified atom stereocenters. The Hall–Kier alpha value is -2.64. The second-order valence-electron chi connectivity index (χ2n) is 8.00. The second-order valence-corrected chi connectivity index (χ2v) is 8.00. The van der Waals surface area contributed by atoms with Crippen LogP contribution in [0.4, 0.5) is 10.1 Å². The summed E-state index contributed by atoms with van der Waals surface area (Å²) in [6.45, 7) is 5.12. The first-order chi connectivity index (χ1) is 14.8. The minimum absolute atomic E-state index is 0.153. The van der Waals surface area contributed by atoms with E-state index in [0.29, 0.717) is 5.69 Å². The number of hydrogen-bond acceptors (Lipinski definition) is 4. The van der Waals surface area contributed by atoms with Gasteiger partial charge in [-0.3, -0.25) is 4.99 Å². The molecule has 3 heterocycles. The molecule has 1 aromatic carbocycles. The number of aryl methyl sites for hydroxylation is 2. The first-order valence-electron chi connectivity index (χ1n) is 11.1. The molecule has 8 heteroatoms. The van der Waals surface area contributed by atoms with Gasteiger partial charge in [0.2, 0.25) is 0 Å². The van der Waals surface area contributed by atoms with E-state index in [9.17, 15) is 4.39 Å². The Labute approximate surface area is 178 Å². The number of aliphatic imine (C=N–C) groups is 1. The lowest BCUT2D eigenvalue weighted by Gasteiger charge is -2.37. The van der Waals surface area contributed by atoms with Gasteiger partial charge in [-0.05, 0) is 31.4 Å². The lowest BCUT2D eigenvalue weighted by Crippen LogP contribution is -2.52. The van der Waals surface area contributed by atoms with Gasteiger partial charge in [0.05, 0.1) is 5.69 Å². The first-order valence-corrected chi connectivity index (χ1v) is 11.1. The monoisotopic (exact) mass is 413 g/mol. The van der Waals surface area contributed by atoms with E-state index in [0.717, 1.165) is 76.1 Å². The van der Waals surface area contributed by atoms with E-state index in [1.54, 1.807) is 6.07 Å². The third-order valence-electron chi connectivity index (χ3n) is 6.03. The molecule has 1 aromatic heterocycles. The van der Waals surface area contributed by atoms with Crippen molar-refractivity contribution in [1.29, 1.82) is 0 Å². The van der Waals surface area contributed by atoms with Gasteiger partial charge in [-0.15, -0.1) is 10.2 Å². The summed E-state index contributed by atoms with van der Waals surface area (Å²) >= 11 is 0. The Morgan fingerprint density at radius 1 is 1.07 bits per heavy atom. The number of halogens is 1. The van der Waals surface area contributed by atoms with E-state index in [4.69, 9.17) is 0 Å². The summed E-state index contributed by atoms with van der Waals surface area (Å²) in [7, 11) is 1.82. The Kier molecular flexibility index (Phi) is 6.81. The number of nitrogens with zero attached hydrogens (tertiary/aromatic N) is 6. The fourth-order valence-electron chi connectivity index (χ4n) is 4.38. The van der Waals surface area contributed by atoms with Gasteiger partial charge in [-0.2, -0.15) is 0 Å². The lowest BCUT2D eigenvalue weighted by molar-refractivity contribution is 0.370. The highest BCUT2D eigenvalue weighted by Gasteiger charge is 2.21. The number of benzene rings is 1. The summed E-state index contributed by atoms with van der Waals surface area (Å²) in [5.41, 5.74) is 0.688. The molecule has 2 aliphatic heterocycles. The second kappa shape index (κ2) is 9.91. The van der Waals surface area contributed by atoms with Crippen molar-refractivity contribution in [3.8, 4) is 0 Å². The van der Waals surface area contributed by atoms with E-state index in [1.165, 1.54) is 25.3 Å². The predicted molar refractivity (Wildman–Crippen MR) is 117 cm³/mol. The molecule has 162 valence electrons. The maximum atomic E-state index is 14.0. The molecule has 0 bridgehead atoms. The number of guanidine groups is 1.